The molecule has 5 heteroatoms. The van der Waals surface area contributed by atoms with Crippen molar-refractivity contribution < 1.29 is 24.3 Å². The lowest BCUT2D eigenvalue weighted by Gasteiger charge is -2.02. The lowest BCUT2D eigenvalue weighted by Crippen LogP contribution is -2.01. The van der Waals surface area contributed by atoms with E-state index in [-0.39, 0.29) is 12.6 Å². The second-order valence-corrected chi connectivity index (χ2v) is 2.69. The van der Waals surface area contributed by atoms with E-state index in [1.165, 1.54) is 14.2 Å². The molecule has 0 radical (unpaired) electrons. The smallest absolute Gasteiger partial charge is 0.337 e. The average molecular weight is 212 g/mol. The van der Waals surface area contributed by atoms with Crippen molar-refractivity contribution >= 4 is 5.97 Å². The summed E-state index contributed by atoms with van der Waals surface area (Å²) in [6.45, 7) is 0.245. The zero-order valence-corrected chi connectivity index (χ0v) is 8.56. The van der Waals surface area contributed by atoms with Gasteiger partial charge in [0.2, 0.25) is 0 Å². The van der Waals surface area contributed by atoms with Gasteiger partial charge in [0, 0.05) is 0 Å². The van der Waals surface area contributed by atoms with Crippen LogP contribution in [0.2, 0.25) is 0 Å². The molecular formula is C10H12O5. The first-order valence-electron chi connectivity index (χ1n) is 4.27. The van der Waals surface area contributed by atoms with Gasteiger partial charge in [0.05, 0.1) is 19.8 Å². The number of carbonyl (C=O) groups is 1. The van der Waals surface area contributed by atoms with Gasteiger partial charge < -0.3 is 4.74 Å². The molecule has 0 aliphatic carbocycles. The molecular weight excluding hydrogens is 200 g/mol. The number of hydrogen-bond acceptors (Lipinski definition) is 5. The predicted molar refractivity (Wildman–Crippen MR) is 50.7 cm³/mol. The maximum Gasteiger partial charge on any atom is 0.337 e. The highest BCUT2D eigenvalue weighted by Gasteiger charge is 2.04. The fraction of sp³-hybridized carbons (Fsp3) is 0.300. The zero-order chi connectivity index (χ0) is 11.1. The second-order valence-electron chi connectivity index (χ2n) is 2.69. The summed E-state index contributed by atoms with van der Waals surface area (Å²) in [6, 6.07) is 6.78. The third-order valence-electron chi connectivity index (χ3n) is 1.72. The molecule has 0 atom stereocenters. The summed E-state index contributed by atoms with van der Waals surface area (Å²) >= 11 is 0. The molecule has 1 aromatic carbocycles. The van der Waals surface area contributed by atoms with Crippen molar-refractivity contribution in [2.24, 2.45) is 0 Å². The van der Waals surface area contributed by atoms with E-state index < -0.39 is 0 Å². The molecule has 0 unspecified atom stereocenters. The lowest BCUT2D eigenvalue weighted by atomic mass is 10.1. The second kappa shape index (κ2) is 6.13. The van der Waals surface area contributed by atoms with Crippen molar-refractivity contribution in [3.05, 3.63) is 35.4 Å². The molecule has 0 saturated carbocycles. The average Bonchev–Trinajstić information content (AvgIpc) is 2.29. The Hall–Kier alpha value is -1.43. The largest absolute Gasteiger partial charge is 0.465 e. The van der Waals surface area contributed by atoms with E-state index in [0.29, 0.717) is 5.56 Å². The molecule has 82 valence electrons. The van der Waals surface area contributed by atoms with Crippen molar-refractivity contribution in [1.29, 1.82) is 0 Å². The lowest BCUT2D eigenvalue weighted by molar-refractivity contribution is -0.507. The predicted octanol–water partition coefficient (Wildman–Crippen LogP) is 1.48. The van der Waals surface area contributed by atoms with Gasteiger partial charge >= 0.3 is 5.97 Å². The van der Waals surface area contributed by atoms with E-state index in [0.717, 1.165) is 5.56 Å². The van der Waals surface area contributed by atoms with Crippen molar-refractivity contribution in [3.8, 4) is 0 Å². The van der Waals surface area contributed by atoms with Crippen LogP contribution in [0.3, 0.4) is 0 Å². The van der Waals surface area contributed by atoms with Crippen LogP contribution < -0.4 is 0 Å². The Morgan fingerprint density at radius 3 is 2.40 bits per heavy atom. The Morgan fingerprint density at radius 2 is 1.87 bits per heavy atom. The van der Waals surface area contributed by atoms with E-state index >= 15 is 0 Å². The molecule has 0 spiro atoms. The molecule has 0 bridgehead atoms. The molecule has 0 aliphatic heterocycles. The van der Waals surface area contributed by atoms with Crippen molar-refractivity contribution in [1.82, 2.24) is 0 Å². The molecule has 1 rings (SSSR count). The number of carbonyl (C=O) groups excluding carboxylic acids is 1. The molecule has 5 nitrogen and oxygen atoms in total. The van der Waals surface area contributed by atoms with Crippen LogP contribution >= 0.6 is 0 Å². The van der Waals surface area contributed by atoms with Gasteiger partial charge in [0.1, 0.15) is 6.61 Å². The van der Waals surface area contributed by atoms with Crippen LogP contribution in [0, 0.1) is 0 Å². The van der Waals surface area contributed by atoms with Gasteiger partial charge in [-0.1, -0.05) is 17.2 Å². The SMILES string of the molecule is COOOCc1ccc(C(=O)OC)cc1. The standard InChI is InChI=1S/C10H12O5/c1-12-10(11)9-5-3-8(4-6-9)7-14-15-13-2/h3-6H,7H2,1-2H3. The number of rotatable bonds is 5. The van der Waals surface area contributed by atoms with Crippen LogP contribution in [0.1, 0.15) is 15.9 Å². The minimum atomic E-state index is -0.365. The fourth-order valence-electron chi connectivity index (χ4n) is 0.995. The van der Waals surface area contributed by atoms with Crippen LogP contribution in [-0.2, 0) is 26.2 Å². The quantitative estimate of drug-likeness (QED) is 0.320. The third-order valence-corrected chi connectivity index (χ3v) is 1.72. The van der Waals surface area contributed by atoms with Gasteiger partial charge in [0.15, 0.2) is 0 Å². The molecule has 0 heterocycles. The Balaban J connectivity index is 2.52. The Kier molecular flexibility index (Phi) is 4.76. The van der Waals surface area contributed by atoms with Crippen molar-refractivity contribution in [3.63, 3.8) is 0 Å². The summed E-state index contributed by atoms with van der Waals surface area (Å²) in [4.78, 5) is 20.0. The van der Waals surface area contributed by atoms with E-state index in [1.807, 2.05) is 0 Å². The van der Waals surface area contributed by atoms with Crippen LogP contribution in [0.4, 0.5) is 0 Å². The molecule has 15 heavy (non-hydrogen) atoms. The summed E-state index contributed by atoms with van der Waals surface area (Å²) in [5.41, 5.74) is 1.36. The molecule has 0 N–H and O–H groups in total. The Bertz CT molecular complexity index is 306. The molecule has 0 saturated heterocycles. The summed E-state index contributed by atoms with van der Waals surface area (Å²) in [7, 11) is 2.69. The highest BCUT2D eigenvalue weighted by atomic mass is 17.5. The summed E-state index contributed by atoms with van der Waals surface area (Å²) in [5, 5.41) is 4.24. The Labute approximate surface area is 87.4 Å². The van der Waals surface area contributed by atoms with Crippen LogP contribution in [0.25, 0.3) is 0 Å². The number of hydrogen-bond donors (Lipinski definition) is 0. The normalized spacial score (nSPS) is 10.0. The monoisotopic (exact) mass is 212 g/mol. The van der Waals surface area contributed by atoms with Gasteiger partial charge in [-0.15, -0.1) is 0 Å². The van der Waals surface area contributed by atoms with Crippen molar-refractivity contribution in [2.75, 3.05) is 14.2 Å². The zero-order valence-electron chi connectivity index (χ0n) is 8.56. The maximum atomic E-state index is 11.1. The first kappa shape index (κ1) is 11.6. The molecule has 0 amide bonds. The molecule has 0 fully saturated rings. The minimum Gasteiger partial charge on any atom is -0.465 e. The van der Waals surface area contributed by atoms with Gasteiger partial charge in [-0.25, -0.2) is 14.6 Å². The van der Waals surface area contributed by atoms with Crippen molar-refractivity contribution in [2.45, 2.75) is 6.61 Å². The first-order chi connectivity index (χ1) is 7.27. The van der Waals surface area contributed by atoms with Gasteiger partial charge in [-0.2, -0.15) is 0 Å². The van der Waals surface area contributed by atoms with Crippen LogP contribution in [0.5, 0.6) is 0 Å². The summed E-state index contributed by atoms with van der Waals surface area (Å²) in [5.74, 6) is -0.365. The maximum absolute atomic E-state index is 11.1. The number of ether oxygens (including phenoxy) is 1. The summed E-state index contributed by atoms with van der Waals surface area (Å²) in [6.07, 6.45) is 0. The highest BCUT2D eigenvalue weighted by Crippen LogP contribution is 2.06. The molecule has 0 aliphatic rings. The van der Waals surface area contributed by atoms with E-state index in [1.54, 1.807) is 24.3 Å². The number of benzene rings is 1. The fourth-order valence-corrected chi connectivity index (χ4v) is 0.995. The molecule has 1 aromatic rings. The van der Waals surface area contributed by atoms with Crippen LogP contribution in [0.15, 0.2) is 24.3 Å². The highest BCUT2D eigenvalue weighted by molar-refractivity contribution is 5.89. The van der Waals surface area contributed by atoms with E-state index in [9.17, 15) is 4.79 Å². The minimum absolute atomic E-state index is 0.245. The molecule has 0 aromatic heterocycles. The number of methoxy groups -OCH3 is 1. The van der Waals surface area contributed by atoms with Gasteiger partial charge in [-0.3, -0.25) is 0 Å². The van der Waals surface area contributed by atoms with E-state index in [2.05, 4.69) is 19.6 Å². The first-order valence-corrected chi connectivity index (χ1v) is 4.27. The van der Waals surface area contributed by atoms with Crippen LogP contribution in [-0.4, -0.2) is 20.2 Å². The van der Waals surface area contributed by atoms with E-state index in [4.69, 9.17) is 0 Å². The Morgan fingerprint density at radius 1 is 1.20 bits per heavy atom. The summed E-state index contributed by atoms with van der Waals surface area (Å²) < 4.78 is 4.56. The van der Waals surface area contributed by atoms with Gasteiger partial charge in [-0.05, 0) is 17.7 Å². The topological polar surface area (TPSA) is 54.0 Å². The van der Waals surface area contributed by atoms with Gasteiger partial charge in [0.25, 0.3) is 0 Å². The number of esters is 1. The third kappa shape index (κ3) is 3.67.